The molecule has 2 N–H and O–H groups in total. The second-order valence-corrected chi connectivity index (χ2v) is 7.39. The van der Waals surface area contributed by atoms with Gasteiger partial charge in [-0.15, -0.1) is 24.0 Å². The van der Waals surface area contributed by atoms with Crippen LogP contribution >= 0.6 is 24.0 Å². The number of aliphatic imine (C=N–C) groups is 1. The van der Waals surface area contributed by atoms with Gasteiger partial charge in [0.25, 0.3) is 0 Å². The number of rotatable bonds is 7. The topological polar surface area (TPSA) is 39.7 Å². The van der Waals surface area contributed by atoms with Crippen LogP contribution < -0.4 is 10.6 Å². The highest BCUT2D eigenvalue weighted by Crippen LogP contribution is 2.24. The number of halogens is 1. The quantitative estimate of drug-likeness (QED) is 0.350. The highest BCUT2D eigenvalue weighted by molar-refractivity contribution is 14.0. The molecule has 1 aliphatic heterocycles. The van der Waals surface area contributed by atoms with Gasteiger partial charge in [-0.3, -0.25) is 4.99 Å². The first-order valence-electron chi connectivity index (χ1n) is 10.1. The average Bonchev–Trinajstić information content (AvgIpc) is 3.13. The standard InChI is InChI=1S/C23H32N4.HI/c1-3-24-23(25-16-19-14-15-27(2)18-19)26-17-22(20-10-6-4-7-11-20)21-12-8-5-9-13-21;/h4-13,19,22H,3,14-18H2,1-2H3,(H2,24,25,26);1H. The van der Waals surface area contributed by atoms with Crippen molar-refractivity contribution in [1.82, 2.24) is 15.5 Å². The number of likely N-dealkylation sites (tertiary alicyclic amines) is 1. The highest BCUT2D eigenvalue weighted by atomic mass is 127. The molecule has 1 fully saturated rings. The summed E-state index contributed by atoms with van der Waals surface area (Å²) in [6, 6.07) is 21.3. The monoisotopic (exact) mass is 492 g/mol. The molecule has 0 amide bonds. The summed E-state index contributed by atoms with van der Waals surface area (Å²) < 4.78 is 0. The SMILES string of the molecule is CCNC(=NCC(c1ccccc1)c1ccccc1)NCC1CCN(C)C1.I. The van der Waals surface area contributed by atoms with Crippen LogP contribution in [-0.2, 0) is 0 Å². The molecule has 2 aromatic rings. The molecule has 0 aromatic heterocycles. The Morgan fingerprint density at radius 1 is 1.04 bits per heavy atom. The molecule has 5 heteroatoms. The van der Waals surface area contributed by atoms with Gasteiger partial charge in [0.05, 0.1) is 6.54 Å². The minimum atomic E-state index is 0. The van der Waals surface area contributed by atoms with E-state index >= 15 is 0 Å². The molecular weight excluding hydrogens is 459 g/mol. The Labute approximate surface area is 186 Å². The van der Waals surface area contributed by atoms with Crippen LogP contribution in [0.4, 0.5) is 0 Å². The third-order valence-electron chi connectivity index (χ3n) is 5.23. The Hall–Kier alpha value is -1.60. The maximum atomic E-state index is 4.93. The largest absolute Gasteiger partial charge is 0.357 e. The first-order valence-corrected chi connectivity index (χ1v) is 10.1. The molecule has 2 aromatic carbocycles. The summed E-state index contributed by atoms with van der Waals surface area (Å²) in [5.74, 6) is 1.89. The molecule has 1 saturated heterocycles. The van der Waals surface area contributed by atoms with Crippen molar-refractivity contribution in [2.75, 3.05) is 39.8 Å². The normalized spacial score (nSPS) is 17.4. The maximum absolute atomic E-state index is 4.93. The fourth-order valence-electron chi connectivity index (χ4n) is 3.73. The summed E-state index contributed by atoms with van der Waals surface area (Å²) in [4.78, 5) is 7.33. The number of nitrogens with zero attached hydrogens (tertiary/aromatic N) is 2. The smallest absolute Gasteiger partial charge is 0.191 e. The van der Waals surface area contributed by atoms with Crippen molar-refractivity contribution in [3.8, 4) is 0 Å². The predicted molar refractivity (Wildman–Crippen MR) is 130 cm³/mol. The lowest BCUT2D eigenvalue weighted by Crippen LogP contribution is -2.40. The molecule has 1 unspecified atom stereocenters. The summed E-state index contributed by atoms with van der Waals surface area (Å²) in [5, 5.41) is 6.96. The van der Waals surface area contributed by atoms with E-state index in [4.69, 9.17) is 4.99 Å². The first-order chi connectivity index (χ1) is 13.3. The minimum absolute atomic E-state index is 0. The third-order valence-corrected chi connectivity index (χ3v) is 5.23. The van der Waals surface area contributed by atoms with E-state index in [9.17, 15) is 0 Å². The van der Waals surface area contributed by atoms with E-state index in [2.05, 4.69) is 90.2 Å². The summed E-state index contributed by atoms with van der Waals surface area (Å²) in [5.41, 5.74) is 2.61. The molecule has 28 heavy (non-hydrogen) atoms. The minimum Gasteiger partial charge on any atom is -0.357 e. The second-order valence-electron chi connectivity index (χ2n) is 7.39. The molecule has 4 nitrogen and oxygen atoms in total. The van der Waals surface area contributed by atoms with Crippen molar-refractivity contribution in [1.29, 1.82) is 0 Å². The number of guanidine groups is 1. The Morgan fingerprint density at radius 3 is 2.14 bits per heavy atom. The van der Waals surface area contributed by atoms with Crippen LogP contribution in [0.15, 0.2) is 65.7 Å². The predicted octanol–water partition coefficient (Wildman–Crippen LogP) is 3.94. The zero-order chi connectivity index (χ0) is 18.9. The van der Waals surface area contributed by atoms with Crippen LogP contribution in [-0.4, -0.2) is 50.6 Å². The van der Waals surface area contributed by atoms with Crippen molar-refractivity contribution in [3.63, 3.8) is 0 Å². The maximum Gasteiger partial charge on any atom is 0.191 e. The van der Waals surface area contributed by atoms with Crippen molar-refractivity contribution < 1.29 is 0 Å². The number of hydrogen-bond acceptors (Lipinski definition) is 2. The van der Waals surface area contributed by atoms with E-state index in [0.29, 0.717) is 5.92 Å². The second kappa shape index (κ2) is 12.1. The lowest BCUT2D eigenvalue weighted by atomic mass is 9.91. The van der Waals surface area contributed by atoms with Gasteiger partial charge in [-0.1, -0.05) is 60.7 Å². The Bertz CT molecular complexity index is 666. The van der Waals surface area contributed by atoms with E-state index < -0.39 is 0 Å². The van der Waals surface area contributed by atoms with Gasteiger partial charge < -0.3 is 15.5 Å². The van der Waals surface area contributed by atoms with Crippen molar-refractivity contribution in [2.24, 2.45) is 10.9 Å². The van der Waals surface area contributed by atoms with Crippen molar-refractivity contribution in [3.05, 3.63) is 71.8 Å². The number of hydrogen-bond donors (Lipinski definition) is 2. The van der Waals surface area contributed by atoms with Crippen LogP contribution in [0.25, 0.3) is 0 Å². The summed E-state index contributed by atoms with van der Waals surface area (Å²) in [6.45, 7) is 7.07. The van der Waals surface area contributed by atoms with Gasteiger partial charge >= 0.3 is 0 Å². The van der Waals surface area contributed by atoms with Gasteiger partial charge in [0.2, 0.25) is 0 Å². The molecule has 0 aliphatic carbocycles. The van der Waals surface area contributed by atoms with Gasteiger partial charge in [0, 0.05) is 25.6 Å². The van der Waals surface area contributed by atoms with Crippen LogP contribution in [0.5, 0.6) is 0 Å². The van der Waals surface area contributed by atoms with E-state index in [1.165, 1.54) is 30.6 Å². The van der Waals surface area contributed by atoms with Gasteiger partial charge in [0.15, 0.2) is 5.96 Å². The molecule has 1 atom stereocenters. The van der Waals surface area contributed by atoms with Crippen LogP contribution in [0.3, 0.4) is 0 Å². The summed E-state index contributed by atoms with van der Waals surface area (Å²) in [7, 11) is 2.20. The van der Waals surface area contributed by atoms with Gasteiger partial charge in [-0.25, -0.2) is 0 Å². The summed E-state index contributed by atoms with van der Waals surface area (Å²) >= 11 is 0. The van der Waals surface area contributed by atoms with Gasteiger partial charge in [-0.05, 0) is 44.0 Å². The molecular formula is C23H33IN4. The lowest BCUT2D eigenvalue weighted by Gasteiger charge is -2.19. The molecule has 1 heterocycles. The van der Waals surface area contributed by atoms with Crippen molar-refractivity contribution in [2.45, 2.75) is 19.3 Å². The zero-order valence-corrected chi connectivity index (χ0v) is 19.3. The van der Waals surface area contributed by atoms with E-state index in [-0.39, 0.29) is 29.9 Å². The fraction of sp³-hybridized carbons (Fsp3) is 0.435. The molecule has 1 aliphatic rings. The van der Waals surface area contributed by atoms with Crippen LogP contribution in [0.2, 0.25) is 0 Å². The fourth-order valence-corrected chi connectivity index (χ4v) is 3.73. The molecule has 0 spiro atoms. The highest BCUT2D eigenvalue weighted by Gasteiger charge is 2.19. The van der Waals surface area contributed by atoms with E-state index in [1.54, 1.807) is 0 Å². The zero-order valence-electron chi connectivity index (χ0n) is 17.0. The van der Waals surface area contributed by atoms with Gasteiger partial charge in [-0.2, -0.15) is 0 Å². The Morgan fingerprint density at radius 2 is 1.64 bits per heavy atom. The molecule has 0 saturated carbocycles. The van der Waals surface area contributed by atoms with Gasteiger partial charge in [0.1, 0.15) is 0 Å². The van der Waals surface area contributed by atoms with Crippen LogP contribution in [0.1, 0.15) is 30.4 Å². The summed E-state index contributed by atoms with van der Waals surface area (Å²) in [6.07, 6.45) is 1.26. The van der Waals surface area contributed by atoms with E-state index in [0.717, 1.165) is 25.6 Å². The number of nitrogens with one attached hydrogen (secondary N) is 2. The van der Waals surface area contributed by atoms with Crippen LogP contribution in [0, 0.1) is 5.92 Å². The Kier molecular flexibility index (Phi) is 9.78. The van der Waals surface area contributed by atoms with E-state index in [1.807, 2.05) is 0 Å². The molecule has 152 valence electrons. The molecule has 0 bridgehead atoms. The average molecular weight is 492 g/mol. The van der Waals surface area contributed by atoms with Crippen molar-refractivity contribution >= 4 is 29.9 Å². The third kappa shape index (κ3) is 6.78. The lowest BCUT2D eigenvalue weighted by molar-refractivity contribution is 0.394. The molecule has 3 rings (SSSR count). The molecule has 0 radical (unpaired) electrons. The number of benzene rings is 2. The Balaban J connectivity index is 0.00000280. The first kappa shape index (κ1) is 22.7.